The molecule has 1 fully saturated rings. The molecule has 1 amide bonds. The number of halogens is 1. The molecule has 27 heavy (non-hydrogen) atoms. The Morgan fingerprint density at radius 2 is 1.81 bits per heavy atom. The Kier molecular flexibility index (Phi) is 6.39. The van der Waals surface area contributed by atoms with Gasteiger partial charge in [-0.05, 0) is 43.2 Å². The van der Waals surface area contributed by atoms with Gasteiger partial charge in [0.25, 0.3) is 0 Å². The normalized spacial score (nSPS) is 14.9. The maximum Gasteiger partial charge on any atom is 0.225 e. The van der Waals surface area contributed by atoms with Crippen LogP contribution in [0.2, 0.25) is 5.02 Å². The van der Waals surface area contributed by atoms with Crippen LogP contribution in [-0.4, -0.2) is 25.3 Å². The molecule has 5 nitrogen and oxygen atoms in total. The summed E-state index contributed by atoms with van der Waals surface area (Å²) in [4.78, 5) is 12.3. The lowest BCUT2D eigenvalue weighted by molar-refractivity contribution is -0.115. The van der Waals surface area contributed by atoms with Gasteiger partial charge in [0, 0.05) is 11.4 Å². The van der Waals surface area contributed by atoms with Crippen molar-refractivity contribution in [2.45, 2.75) is 37.4 Å². The second kappa shape index (κ2) is 8.76. The maximum absolute atomic E-state index is 12.3. The van der Waals surface area contributed by atoms with Crippen molar-refractivity contribution in [3.8, 4) is 11.5 Å². The van der Waals surface area contributed by atoms with Gasteiger partial charge in [-0.15, -0.1) is 0 Å². The molecule has 0 unspecified atom stereocenters. The summed E-state index contributed by atoms with van der Waals surface area (Å²) < 4.78 is 30.5. The van der Waals surface area contributed by atoms with Crippen LogP contribution in [0, 0.1) is 0 Å². The minimum absolute atomic E-state index is 0.0872. The van der Waals surface area contributed by atoms with E-state index >= 15 is 0 Å². The summed E-state index contributed by atoms with van der Waals surface area (Å²) in [5, 5.41) is 2.87. The summed E-state index contributed by atoms with van der Waals surface area (Å²) in [7, 11) is -3.23. The SMILES string of the molecule is O=C(CCS(=O)(=O)C1CCCC1)Nc1cc(Cl)ccc1Oc1ccccc1. The number of sulfone groups is 1. The van der Waals surface area contributed by atoms with E-state index in [0.29, 0.717) is 35.1 Å². The van der Waals surface area contributed by atoms with Crippen LogP contribution < -0.4 is 10.1 Å². The molecule has 7 heteroatoms. The number of para-hydroxylation sites is 1. The third kappa shape index (κ3) is 5.47. The molecule has 1 aliphatic rings. The fourth-order valence-electron chi connectivity index (χ4n) is 3.17. The first-order valence-electron chi connectivity index (χ1n) is 8.98. The van der Waals surface area contributed by atoms with Gasteiger partial charge in [0.2, 0.25) is 5.91 Å². The van der Waals surface area contributed by atoms with Gasteiger partial charge >= 0.3 is 0 Å². The first-order chi connectivity index (χ1) is 12.9. The average molecular weight is 408 g/mol. The van der Waals surface area contributed by atoms with Crippen LogP contribution in [-0.2, 0) is 14.6 Å². The van der Waals surface area contributed by atoms with Crippen molar-refractivity contribution in [3.05, 3.63) is 53.6 Å². The zero-order valence-corrected chi connectivity index (χ0v) is 16.4. The first-order valence-corrected chi connectivity index (χ1v) is 11.1. The molecule has 3 rings (SSSR count). The Bertz CT molecular complexity index is 893. The number of anilines is 1. The Morgan fingerprint density at radius 1 is 1.11 bits per heavy atom. The van der Waals surface area contributed by atoms with Crippen molar-refractivity contribution in [1.82, 2.24) is 0 Å². The number of carbonyl (C=O) groups is 1. The maximum atomic E-state index is 12.3. The van der Waals surface area contributed by atoms with Gasteiger partial charge in [0.15, 0.2) is 15.6 Å². The van der Waals surface area contributed by atoms with Crippen molar-refractivity contribution in [3.63, 3.8) is 0 Å². The van der Waals surface area contributed by atoms with E-state index in [1.54, 1.807) is 30.3 Å². The number of rotatable bonds is 7. The van der Waals surface area contributed by atoms with E-state index in [1.807, 2.05) is 18.2 Å². The number of hydrogen-bond acceptors (Lipinski definition) is 4. The highest BCUT2D eigenvalue weighted by atomic mass is 35.5. The Labute approximate surface area is 164 Å². The van der Waals surface area contributed by atoms with Crippen LogP contribution in [0.1, 0.15) is 32.1 Å². The third-order valence-electron chi connectivity index (χ3n) is 4.61. The highest BCUT2D eigenvalue weighted by Gasteiger charge is 2.29. The predicted molar refractivity (Wildman–Crippen MR) is 107 cm³/mol. The number of amides is 1. The number of hydrogen-bond donors (Lipinski definition) is 1. The molecule has 2 aromatic carbocycles. The van der Waals surface area contributed by atoms with Crippen LogP contribution in [0.3, 0.4) is 0 Å². The zero-order chi connectivity index (χ0) is 19.3. The zero-order valence-electron chi connectivity index (χ0n) is 14.9. The smallest absolute Gasteiger partial charge is 0.225 e. The predicted octanol–water partition coefficient (Wildman–Crippen LogP) is 4.82. The fraction of sp³-hybridized carbons (Fsp3) is 0.350. The highest BCUT2D eigenvalue weighted by molar-refractivity contribution is 7.92. The summed E-state index contributed by atoms with van der Waals surface area (Å²) in [5.41, 5.74) is 0.412. The minimum Gasteiger partial charge on any atom is -0.455 e. The molecular weight excluding hydrogens is 386 g/mol. The molecule has 1 N–H and O–H groups in total. The molecule has 2 aromatic rings. The van der Waals surface area contributed by atoms with Crippen LogP contribution >= 0.6 is 11.6 Å². The van der Waals surface area contributed by atoms with Crippen LogP contribution in [0.15, 0.2) is 48.5 Å². The van der Waals surface area contributed by atoms with Gasteiger partial charge < -0.3 is 10.1 Å². The largest absolute Gasteiger partial charge is 0.455 e. The van der Waals surface area contributed by atoms with Gasteiger partial charge in [0.1, 0.15) is 5.75 Å². The Hall–Kier alpha value is -2.05. The molecule has 0 aliphatic heterocycles. The minimum atomic E-state index is -3.23. The van der Waals surface area contributed by atoms with Gasteiger partial charge in [-0.3, -0.25) is 4.79 Å². The molecule has 0 heterocycles. The van der Waals surface area contributed by atoms with Crippen molar-refractivity contribution in [1.29, 1.82) is 0 Å². The molecule has 1 aliphatic carbocycles. The molecular formula is C20H22ClNO4S. The van der Waals surface area contributed by atoms with Gasteiger partial charge in [-0.25, -0.2) is 8.42 Å². The lowest BCUT2D eigenvalue weighted by atomic mass is 10.2. The van der Waals surface area contributed by atoms with E-state index in [9.17, 15) is 13.2 Å². The van der Waals surface area contributed by atoms with Gasteiger partial charge in [-0.1, -0.05) is 42.6 Å². The van der Waals surface area contributed by atoms with E-state index in [2.05, 4.69) is 5.32 Å². The summed E-state index contributed by atoms with van der Waals surface area (Å²) in [5.74, 6) is 0.548. The van der Waals surface area contributed by atoms with Crippen molar-refractivity contribution < 1.29 is 17.9 Å². The summed E-state index contributed by atoms with van der Waals surface area (Å²) >= 11 is 6.04. The number of benzene rings is 2. The Balaban J connectivity index is 1.65. The molecule has 144 valence electrons. The summed E-state index contributed by atoms with van der Waals surface area (Å²) in [6.07, 6.45) is 3.20. The van der Waals surface area contributed by atoms with E-state index in [-0.39, 0.29) is 23.3 Å². The molecule has 1 saturated carbocycles. The molecule has 0 bridgehead atoms. The van der Waals surface area contributed by atoms with E-state index < -0.39 is 9.84 Å². The molecule has 0 spiro atoms. The van der Waals surface area contributed by atoms with Crippen LogP contribution in [0.5, 0.6) is 11.5 Å². The first kappa shape index (κ1) is 19.7. The molecule has 0 radical (unpaired) electrons. The van der Waals surface area contributed by atoms with Crippen molar-refractivity contribution in [2.24, 2.45) is 0 Å². The molecule has 0 aromatic heterocycles. The lowest BCUT2D eigenvalue weighted by Gasteiger charge is -2.14. The molecule has 0 saturated heterocycles. The number of ether oxygens (including phenoxy) is 1. The van der Waals surface area contributed by atoms with Crippen molar-refractivity contribution in [2.75, 3.05) is 11.1 Å². The summed E-state index contributed by atoms with van der Waals surface area (Å²) in [6.45, 7) is 0. The topological polar surface area (TPSA) is 72.5 Å². The monoisotopic (exact) mass is 407 g/mol. The molecule has 0 atom stereocenters. The van der Waals surface area contributed by atoms with Crippen molar-refractivity contribution >= 4 is 33.0 Å². The standard InChI is InChI=1S/C20H22ClNO4S/c21-15-10-11-19(26-16-6-2-1-3-7-16)18(14-15)22-20(23)12-13-27(24,25)17-8-4-5-9-17/h1-3,6-7,10-11,14,17H,4-5,8-9,12-13H2,(H,22,23). The van der Waals surface area contributed by atoms with Gasteiger partial charge in [0.05, 0.1) is 16.7 Å². The second-order valence-corrected chi connectivity index (χ2v) is 9.46. The number of carbonyl (C=O) groups excluding carboxylic acids is 1. The second-order valence-electron chi connectivity index (χ2n) is 6.63. The van der Waals surface area contributed by atoms with Crippen LogP contribution in [0.25, 0.3) is 0 Å². The third-order valence-corrected chi connectivity index (χ3v) is 7.11. The highest BCUT2D eigenvalue weighted by Crippen LogP contribution is 2.32. The van der Waals surface area contributed by atoms with E-state index in [1.165, 1.54) is 0 Å². The van der Waals surface area contributed by atoms with E-state index in [4.69, 9.17) is 16.3 Å². The Morgan fingerprint density at radius 3 is 2.52 bits per heavy atom. The summed E-state index contributed by atoms with van der Waals surface area (Å²) in [6, 6.07) is 14.1. The van der Waals surface area contributed by atoms with E-state index in [0.717, 1.165) is 12.8 Å². The quantitative estimate of drug-likeness (QED) is 0.714. The lowest BCUT2D eigenvalue weighted by Crippen LogP contribution is -2.24. The van der Waals surface area contributed by atoms with Crippen LogP contribution in [0.4, 0.5) is 5.69 Å². The number of nitrogens with one attached hydrogen (secondary N) is 1. The van der Waals surface area contributed by atoms with Gasteiger partial charge in [-0.2, -0.15) is 0 Å². The fourth-order valence-corrected chi connectivity index (χ4v) is 5.19. The average Bonchev–Trinajstić information content (AvgIpc) is 3.19.